The first kappa shape index (κ1) is 18.9. The van der Waals surface area contributed by atoms with Crippen molar-refractivity contribution in [2.75, 3.05) is 0 Å². The van der Waals surface area contributed by atoms with E-state index >= 15 is 0 Å². The lowest BCUT2D eigenvalue weighted by Gasteiger charge is -2.30. The van der Waals surface area contributed by atoms with Crippen molar-refractivity contribution in [2.45, 2.75) is 58.2 Å². The molecule has 1 atom stereocenters. The number of aromatic nitrogens is 1. The van der Waals surface area contributed by atoms with Gasteiger partial charge >= 0.3 is 5.63 Å². The van der Waals surface area contributed by atoms with Crippen molar-refractivity contribution in [1.82, 2.24) is 4.98 Å². The van der Waals surface area contributed by atoms with E-state index in [1.165, 1.54) is 0 Å². The molecule has 0 spiro atoms. The summed E-state index contributed by atoms with van der Waals surface area (Å²) in [6.45, 7) is 9.58. The number of ether oxygens (including phenoxy) is 2. The van der Waals surface area contributed by atoms with Gasteiger partial charge in [-0.2, -0.15) is 0 Å². The monoisotopic (exact) mass is 383 g/mol. The summed E-state index contributed by atoms with van der Waals surface area (Å²) in [6.07, 6.45) is -1.47. The van der Waals surface area contributed by atoms with Gasteiger partial charge in [-0.25, -0.2) is 4.79 Å². The molecule has 2 N–H and O–H groups in total. The molecule has 1 unspecified atom stereocenters. The number of aliphatic hydroxyl groups excluding tert-OH is 1. The molecule has 0 amide bonds. The molecule has 28 heavy (non-hydrogen) atoms. The van der Waals surface area contributed by atoms with E-state index in [0.29, 0.717) is 10.9 Å². The normalized spacial score (nSPS) is 19.9. The molecule has 0 aliphatic carbocycles. The van der Waals surface area contributed by atoms with Crippen LogP contribution in [0.25, 0.3) is 22.0 Å². The van der Waals surface area contributed by atoms with Crippen LogP contribution < -0.4 is 5.63 Å². The summed E-state index contributed by atoms with van der Waals surface area (Å²) < 4.78 is 17.7. The van der Waals surface area contributed by atoms with Gasteiger partial charge in [0.05, 0.1) is 22.3 Å². The molecule has 3 heterocycles. The lowest BCUT2D eigenvalue weighted by molar-refractivity contribution is -0.0919. The Bertz CT molecular complexity index is 1070. The molecular formula is C22H25NO5. The highest BCUT2D eigenvalue weighted by Crippen LogP contribution is 2.45. The molecule has 3 aromatic rings. The summed E-state index contributed by atoms with van der Waals surface area (Å²) >= 11 is 0. The Morgan fingerprint density at radius 2 is 1.61 bits per heavy atom. The topological polar surface area (TPSA) is 84.7 Å². The highest BCUT2D eigenvalue weighted by molar-refractivity contribution is 5.95. The van der Waals surface area contributed by atoms with Crippen LogP contribution in [-0.2, 0) is 9.47 Å². The molecule has 2 aromatic heterocycles. The van der Waals surface area contributed by atoms with Crippen molar-refractivity contribution < 1.29 is 19.0 Å². The van der Waals surface area contributed by atoms with E-state index in [9.17, 15) is 9.90 Å². The minimum atomic E-state index is -0.934. The highest BCUT2D eigenvalue weighted by Gasteiger charge is 2.49. The maximum Gasteiger partial charge on any atom is 0.343 e. The van der Waals surface area contributed by atoms with Gasteiger partial charge in [-0.1, -0.05) is 18.2 Å². The van der Waals surface area contributed by atoms with Crippen LogP contribution in [0.3, 0.4) is 0 Å². The maximum absolute atomic E-state index is 12.3. The van der Waals surface area contributed by atoms with Crippen molar-refractivity contribution in [2.24, 2.45) is 0 Å². The Labute approximate surface area is 163 Å². The van der Waals surface area contributed by atoms with Gasteiger partial charge in [-0.05, 0) is 52.8 Å². The number of aliphatic hydroxyl groups is 1. The number of hydrogen-bond acceptors (Lipinski definition) is 5. The molecule has 6 nitrogen and oxygen atoms in total. The van der Waals surface area contributed by atoms with Gasteiger partial charge in [0.2, 0.25) is 0 Å². The second kappa shape index (κ2) is 6.30. The summed E-state index contributed by atoms with van der Waals surface area (Å²) in [7, 11) is 0. The Morgan fingerprint density at radius 1 is 1.00 bits per heavy atom. The Kier molecular flexibility index (Phi) is 4.26. The predicted molar refractivity (Wildman–Crippen MR) is 106 cm³/mol. The first-order valence-electron chi connectivity index (χ1n) is 9.39. The molecule has 0 bridgehead atoms. The van der Waals surface area contributed by atoms with Crippen LogP contribution in [0, 0.1) is 0 Å². The third-order valence-electron chi connectivity index (χ3n) is 5.73. The van der Waals surface area contributed by atoms with Crippen molar-refractivity contribution >= 4 is 10.8 Å². The smallest absolute Gasteiger partial charge is 0.343 e. The van der Waals surface area contributed by atoms with E-state index in [1.807, 2.05) is 52.0 Å². The fourth-order valence-corrected chi connectivity index (χ4v) is 3.46. The van der Waals surface area contributed by atoms with Crippen LogP contribution in [0.15, 0.2) is 45.6 Å². The lowest BCUT2D eigenvalue weighted by atomic mass is 9.90. The van der Waals surface area contributed by atoms with E-state index in [-0.39, 0.29) is 5.76 Å². The lowest BCUT2D eigenvalue weighted by Crippen LogP contribution is -2.41. The van der Waals surface area contributed by atoms with Gasteiger partial charge in [-0.3, -0.25) is 0 Å². The van der Waals surface area contributed by atoms with Gasteiger partial charge in [0.25, 0.3) is 0 Å². The summed E-state index contributed by atoms with van der Waals surface area (Å²) in [5.41, 5.74) is 0.793. The minimum absolute atomic E-state index is 0.228. The molecular weight excluding hydrogens is 358 g/mol. The SMILES string of the molecule is CC(O)c1oc(=O)c2ccccc2c1-c1ccc(C2OC(C)(C)C(C)(C)O2)[nH]1. The van der Waals surface area contributed by atoms with E-state index < -0.39 is 29.2 Å². The average molecular weight is 383 g/mol. The second-order valence-electron chi connectivity index (χ2n) is 8.27. The Morgan fingerprint density at radius 3 is 2.21 bits per heavy atom. The zero-order valence-electron chi connectivity index (χ0n) is 16.7. The Balaban J connectivity index is 1.84. The molecule has 1 aliphatic rings. The quantitative estimate of drug-likeness (QED) is 0.698. The van der Waals surface area contributed by atoms with E-state index in [2.05, 4.69) is 4.98 Å². The van der Waals surface area contributed by atoms with Crippen molar-refractivity contribution in [1.29, 1.82) is 0 Å². The molecule has 0 radical (unpaired) electrons. The summed E-state index contributed by atoms with van der Waals surface area (Å²) in [4.78, 5) is 15.6. The van der Waals surface area contributed by atoms with Crippen LogP contribution in [0.4, 0.5) is 0 Å². The number of hydrogen-bond donors (Lipinski definition) is 2. The van der Waals surface area contributed by atoms with Crippen molar-refractivity contribution in [3.63, 3.8) is 0 Å². The maximum atomic E-state index is 12.3. The molecule has 4 rings (SSSR count). The number of benzene rings is 1. The number of fused-ring (bicyclic) bond motifs is 1. The zero-order chi connectivity index (χ0) is 20.3. The van der Waals surface area contributed by atoms with Gasteiger partial charge < -0.3 is 24.0 Å². The minimum Gasteiger partial charge on any atom is -0.424 e. The number of nitrogens with one attached hydrogen (secondary N) is 1. The molecule has 1 aromatic carbocycles. The standard InChI is InChI=1S/C22H25NO5/c1-12(24)18-17(13-8-6-7-9-14(13)19(25)26-18)15-10-11-16(23-15)20-27-21(2,3)22(4,5)28-20/h6-12,20,23-24H,1-5H3. The molecule has 0 saturated carbocycles. The molecule has 148 valence electrons. The first-order chi connectivity index (χ1) is 13.1. The molecule has 1 fully saturated rings. The number of rotatable bonds is 3. The third-order valence-corrected chi connectivity index (χ3v) is 5.73. The van der Waals surface area contributed by atoms with Gasteiger partial charge in [-0.15, -0.1) is 0 Å². The molecule has 1 saturated heterocycles. The van der Waals surface area contributed by atoms with E-state index in [4.69, 9.17) is 13.9 Å². The van der Waals surface area contributed by atoms with Crippen LogP contribution >= 0.6 is 0 Å². The van der Waals surface area contributed by atoms with Crippen LogP contribution in [-0.4, -0.2) is 21.3 Å². The largest absolute Gasteiger partial charge is 0.424 e. The van der Waals surface area contributed by atoms with Gasteiger partial charge in [0, 0.05) is 16.6 Å². The average Bonchev–Trinajstić information content (AvgIpc) is 3.17. The first-order valence-corrected chi connectivity index (χ1v) is 9.39. The molecule has 6 heteroatoms. The summed E-state index contributed by atoms with van der Waals surface area (Å²) in [6, 6.07) is 11.0. The second-order valence-corrected chi connectivity index (χ2v) is 8.27. The molecule has 1 aliphatic heterocycles. The summed E-state index contributed by atoms with van der Waals surface area (Å²) in [5, 5.41) is 11.4. The van der Waals surface area contributed by atoms with Crippen LogP contribution in [0.1, 0.15) is 58.5 Å². The van der Waals surface area contributed by atoms with Crippen LogP contribution in [0.2, 0.25) is 0 Å². The predicted octanol–water partition coefficient (Wildman–Crippen LogP) is 4.44. The van der Waals surface area contributed by atoms with Crippen molar-refractivity contribution in [3.8, 4) is 11.3 Å². The number of aromatic amines is 1. The van der Waals surface area contributed by atoms with Crippen molar-refractivity contribution in [3.05, 3.63) is 58.3 Å². The fraction of sp³-hybridized carbons (Fsp3) is 0.409. The van der Waals surface area contributed by atoms with Gasteiger partial charge in [0.15, 0.2) is 6.29 Å². The fourth-order valence-electron chi connectivity index (χ4n) is 3.46. The highest BCUT2D eigenvalue weighted by atomic mass is 16.7. The van der Waals surface area contributed by atoms with Gasteiger partial charge in [0.1, 0.15) is 11.9 Å². The summed E-state index contributed by atoms with van der Waals surface area (Å²) in [5.74, 6) is 0.228. The zero-order valence-corrected chi connectivity index (χ0v) is 16.7. The third kappa shape index (κ3) is 2.89. The van der Waals surface area contributed by atoms with E-state index in [0.717, 1.165) is 16.8 Å². The van der Waals surface area contributed by atoms with Crippen LogP contribution in [0.5, 0.6) is 0 Å². The Hall–Kier alpha value is -2.41. The van der Waals surface area contributed by atoms with E-state index in [1.54, 1.807) is 19.1 Å². The number of H-pyrrole nitrogens is 1.